The van der Waals surface area contributed by atoms with Gasteiger partial charge in [0, 0.05) is 34.1 Å². The first kappa shape index (κ1) is 24.9. The Bertz CT molecular complexity index is 1090. The van der Waals surface area contributed by atoms with Crippen molar-refractivity contribution in [1.29, 1.82) is 0 Å². The molecule has 0 unspecified atom stereocenters. The molecule has 0 aromatic heterocycles. The number of hydrogen-bond acceptors (Lipinski definition) is 3. The summed E-state index contributed by atoms with van der Waals surface area (Å²) in [5.41, 5.74) is 0.598. The fourth-order valence-corrected chi connectivity index (χ4v) is 4.20. The topological polar surface area (TPSA) is 58.6 Å². The highest BCUT2D eigenvalue weighted by atomic mass is 35.5. The third-order valence-electron chi connectivity index (χ3n) is 5.43. The van der Waals surface area contributed by atoms with Gasteiger partial charge in [-0.15, -0.1) is 0 Å². The van der Waals surface area contributed by atoms with E-state index in [9.17, 15) is 9.59 Å². The Morgan fingerprint density at radius 2 is 1.64 bits per heavy atom. The van der Waals surface area contributed by atoms with Gasteiger partial charge in [0.2, 0.25) is 5.91 Å². The van der Waals surface area contributed by atoms with Crippen LogP contribution in [0.4, 0.5) is 0 Å². The van der Waals surface area contributed by atoms with E-state index in [1.165, 1.54) is 4.90 Å². The molecule has 3 rings (SSSR count). The summed E-state index contributed by atoms with van der Waals surface area (Å²) < 4.78 is 5.93. The fourth-order valence-electron chi connectivity index (χ4n) is 3.68. The summed E-state index contributed by atoms with van der Waals surface area (Å²) >= 11 is 12.7. The molecule has 3 aromatic rings. The van der Waals surface area contributed by atoms with Crippen molar-refractivity contribution in [2.45, 2.75) is 39.3 Å². The van der Waals surface area contributed by atoms with Gasteiger partial charge < -0.3 is 15.0 Å². The van der Waals surface area contributed by atoms with E-state index >= 15 is 0 Å². The quantitative estimate of drug-likeness (QED) is 0.390. The SMILES string of the molecule is CCCNC(=O)[C@@H](CC)N(Cc1c(Cl)cccc1Cl)C(=O)COc1cccc2ccccc12. The number of hydrogen-bond donors (Lipinski definition) is 1. The van der Waals surface area contributed by atoms with Crippen LogP contribution in [0.25, 0.3) is 10.8 Å². The predicted octanol–water partition coefficient (Wildman–Crippen LogP) is 5.86. The number of nitrogens with one attached hydrogen (secondary N) is 1. The minimum absolute atomic E-state index is 0.105. The standard InChI is InChI=1S/C26H28Cl2N2O3/c1-3-15-29-26(32)23(4-2)30(16-20-21(27)12-8-13-22(20)28)25(31)17-33-24-14-7-10-18-9-5-6-11-19(18)24/h5-14,23H,3-4,15-17H2,1-2H3,(H,29,32)/t23-/m1/s1. The van der Waals surface area contributed by atoms with Crippen LogP contribution in [0.5, 0.6) is 5.75 Å². The van der Waals surface area contributed by atoms with Gasteiger partial charge in [-0.2, -0.15) is 0 Å². The van der Waals surface area contributed by atoms with E-state index in [4.69, 9.17) is 27.9 Å². The molecule has 0 aliphatic rings. The Labute approximate surface area is 204 Å². The molecule has 0 saturated heterocycles. The number of carbonyl (C=O) groups is 2. The van der Waals surface area contributed by atoms with Crippen LogP contribution in [0.2, 0.25) is 10.0 Å². The second kappa shape index (κ2) is 11.9. The van der Waals surface area contributed by atoms with Gasteiger partial charge in [0.25, 0.3) is 5.91 Å². The summed E-state index contributed by atoms with van der Waals surface area (Å²) in [4.78, 5) is 27.8. The molecule has 0 bridgehead atoms. The van der Waals surface area contributed by atoms with Gasteiger partial charge in [0.1, 0.15) is 11.8 Å². The molecular formula is C26H28Cl2N2O3. The third kappa shape index (κ3) is 6.18. The highest BCUT2D eigenvalue weighted by Gasteiger charge is 2.30. The van der Waals surface area contributed by atoms with Crippen LogP contribution < -0.4 is 10.1 Å². The second-order valence-corrected chi connectivity index (χ2v) is 8.52. The van der Waals surface area contributed by atoms with E-state index in [0.717, 1.165) is 17.2 Å². The van der Waals surface area contributed by atoms with Crippen molar-refractivity contribution >= 4 is 45.8 Å². The van der Waals surface area contributed by atoms with Gasteiger partial charge in [0.15, 0.2) is 6.61 Å². The van der Waals surface area contributed by atoms with Gasteiger partial charge in [-0.3, -0.25) is 9.59 Å². The molecule has 0 spiro atoms. The number of ether oxygens (including phenoxy) is 1. The molecule has 1 atom stereocenters. The van der Waals surface area contributed by atoms with Crippen molar-refractivity contribution in [2.24, 2.45) is 0 Å². The minimum Gasteiger partial charge on any atom is -0.483 e. The Kier molecular flexibility index (Phi) is 8.98. The maximum absolute atomic E-state index is 13.4. The second-order valence-electron chi connectivity index (χ2n) is 7.70. The average molecular weight is 487 g/mol. The molecule has 174 valence electrons. The summed E-state index contributed by atoms with van der Waals surface area (Å²) in [5.74, 6) is 0.0825. The molecule has 0 aliphatic carbocycles. The average Bonchev–Trinajstić information content (AvgIpc) is 2.82. The van der Waals surface area contributed by atoms with E-state index < -0.39 is 6.04 Å². The Balaban J connectivity index is 1.86. The van der Waals surface area contributed by atoms with Gasteiger partial charge in [0.05, 0.1) is 0 Å². The van der Waals surface area contributed by atoms with Gasteiger partial charge >= 0.3 is 0 Å². The van der Waals surface area contributed by atoms with Crippen LogP contribution in [-0.4, -0.2) is 35.9 Å². The van der Waals surface area contributed by atoms with Crippen molar-refractivity contribution in [3.05, 3.63) is 76.3 Å². The highest BCUT2D eigenvalue weighted by Crippen LogP contribution is 2.28. The van der Waals surface area contributed by atoms with E-state index in [1.807, 2.05) is 56.3 Å². The molecule has 0 fully saturated rings. The van der Waals surface area contributed by atoms with Crippen molar-refractivity contribution in [1.82, 2.24) is 10.2 Å². The van der Waals surface area contributed by atoms with Crippen molar-refractivity contribution in [3.8, 4) is 5.75 Å². The lowest BCUT2D eigenvalue weighted by Crippen LogP contribution is -2.50. The third-order valence-corrected chi connectivity index (χ3v) is 6.13. The molecule has 3 aromatic carbocycles. The van der Waals surface area contributed by atoms with Gasteiger partial charge in [-0.05, 0) is 36.4 Å². The summed E-state index contributed by atoms with van der Waals surface area (Å²) in [6.45, 7) is 4.28. The summed E-state index contributed by atoms with van der Waals surface area (Å²) in [5, 5.41) is 5.72. The van der Waals surface area contributed by atoms with Gasteiger partial charge in [-0.1, -0.05) is 79.5 Å². The number of benzene rings is 3. The Morgan fingerprint density at radius 3 is 2.33 bits per heavy atom. The first-order chi connectivity index (χ1) is 16.0. The molecular weight excluding hydrogens is 459 g/mol. The molecule has 0 radical (unpaired) electrons. The lowest BCUT2D eigenvalue weighted by molar-refractivity contribution is -0.142. The smallest absolute Gasteiger partial charge is 0.261 e. The van der Waals surface area contributed by atoms with Crippen molar-refractivity contribution in [3.63, 3.8) is 0 Å². The molecule has 5 nitrogen and oxygen atoms in total. The zero-order valence-corrected chi connectivity index (χ0v) is 20.3. The van der Waals surface area contributed by atoms with Crippen LogP contribution in [0.3, 0.4) is 0 Å². The van der Waals surface area contributed by atoms with E-state index in [-0.39, 0.29) is 25.0 Å². The largest absolute Gasteiger partial charge is 0.483 e. The Morgan fingerprint density at radius 1 is 0.970 bits per heavy atom. The van der Waals surface area contributed by atoms with E-state index in [1.54, 1.807) is 18.2 Å². The van der Waals surface area contributed by atoms with Crippen molar-refractivity contribution in [2.75, 3.05) is 13.2 Å². The summed E-state index contributed by atoms with van der Waals surface area (Å²) in [6, 6.07) is 18.0. The molecule has 2 amide bonds. The first-order valence-corrected chi connectivity index (χ1v) is 11.8. The van der Waals surface area contributed by atoms with Crippen LogP contribution in [0.1, 0.15) is 32.3 Å². The highest BCUT2D eigenvalue weighted by molar-refractivity contribution is 6.36. The zero-order chi connectivity index (χ0) is 23.8. The molecule has 0 heterocycles. The Hall–Kier alpha value is -2.76. The van der Waals surface area contributed by atoms with E-state index in [2.05, 4.69) is 5.32 Å². The minimum atomic E-state index is -0.674. The number of rotatable bonds is 10. The lowest BCUT2D eigenvalue weighted by Gasteiger charge is -2.31. The normalized spacial score (nSPS) is 11.8. The summed E-state index contributed by atoms with van der Waals surface area (Å²) in [6.07, 6.45) is 1.24. The predicted molar refractivity (Wildman–Crippen MR) is 134 cm³/mol. The van der Waals surface area contributed by atoms with Crippen LogP contribution >= 0.6 is 23.2 Å². The molecule has 0 saturated carbocycles. The molecule has 0 aliphatic heterocycles. The molecule has 7 heteroatoms. The molecule has 33 heavy (non-hydrogen) atoms. The number of halogens is 2. The molecule has 1 N–H and O–H groups in total. The van der Waals surface area contributed by atoms with Crippen molar-refractivity contribution < 1.29 is 14.3 Å². The maximum Gasteiger partial charge on any atom is 0.261 e. The number of amides is 2. The first-order valence-electron chi connectivity index (χ1n) is 11.1. The summed E-state index contributed by atoms with van der Waals surface area (Å²) in [7, 11) is 0. The van der Waals surface area contributed by atoms with E-state index in [0.29, 0.717) is 34.3 Å². The van der Waals surface area contributed by atoms with Crippen LogP contribution in [0, 0.1) is 0 Å². The fraction of sp³-hybridized carbons (Fsp3) is 0.308. The number of fused-ring (bicyclic) bond motifs is 1. The lowest BCUT2D eigenvalue weighted by atomic mass is 10.1. The van der Waals surface area contributed by atoms with Crippen LogP contribution in [0.15, 0.2) is 60.7 Å². The van der Waals surface area contributed by atoms with Crippen LogP contribution in [-0.2, 0) is 16.1 Å². The van der Waals surface area contributed by atoms with Gasteiger partial charge in [-0.25, -0.2) is 0 Å². The zero-order valence-electron chi connectivity index (χ0n) is 18.8. The maximum atomic E-state index is 13.4. The monoisotopic (exact) mass is 486 g/mol. The number of nitrogens with zero attached hydrogens (tertiary/aromatic N) is 1. The number of carbonyl (C=O) groups excluding carboxylic acids is 2.